The standard InChI is InChI=1S/C11H13ClO2/c12-9-4-6-10(7-5-9)14-11-3-1-2-8-13-11/h4-7,11H,1-3,8H2/t11-/m1/s1. The fourth-order valence-electron chi connectivity index (χ4n) is 1.47. The fraction of sp³-hybridized carbons (Fsp3) is 0.455. The maximum atomic E-state index is 5.77. The van der Waals surface area contributed by atoms with Crippen molar-refractivity contribution < 1.29 is 9.47 Å². The van der Waals surface area contributed by atoms with Gasteiger partial charge in [-0.3, -0.25) is 0 Å². The van der Waals surface area contributed by atoms with Crippen molar-refractivity contribution >= 4 is 11.6 Å². The van der Waals surface area contributed by atoms with Crippen LogP contribution in [0.25, 0.3) is 0 Å². The molecule has 1 atom stereocenters. The Morgan fingerprint density at radius 3 is 2.64 bits per heavy atom. The van der Waals surface area contributed by atoms with Gasteiger partial charge in [-0.2, -0.15) is 0 Å². The molecule has 76 valence electrons. The van der Waals surface area contributed by atoms with E-state index in [1.54, 1.807) is 0 Å². The quantitative estimate of drug-likeness (QED) is 0.749. The van der Waals surface area contributed by atoms with E-state index in [9.17, 15) is 0 Å². The van der Waals surface area contributed by atoms with Crippen LogP contribution in [-0.4, -0.2) is 12.9 Å². The highest BCUT2D eigenvalue weighted by molar-refractivity contribution is 6.30. The molecule has 14 heavy (non-hydrogen) atoms. The molecule has 0 spiro atoms. The molecule has 1 fully saturated rings. The average Bonchev–Trinajstić information content (AvgIpc) is 2.23. The SMILES string of the molecule is Clc1ccc(O[C@@H]2CCCCO2)cc1. The topological polar surface area (TPSA) is 18.5 Å². The van der Waals surface area contributed by atoms with Gasteiger partial charge in [0.25, 0.3) is 0 Å². The third-order valence-electron chi connectivity index (χ3n) is 2.22. The lowest BCUT2D eigenvalue weighted by Crippen LogP contribution is -2.24. The van der Waals surface area contributed by atoms with E-state index in [0.29, 0.717) is 0 Å². The van der Waals surface area contributed by atoms with Crippen LogP contribution >= 0.6 is 11.6 Å². The molecule has 2 nitrogen and oxygen atoms in total. The molecule has 1 aromatic carbocycles. The molecule has 1 aromatic rings. The molecule has 0 aromatic heterocycles. The Labute approximate surface area is 88.8 Å². The molecule has 0 amide bonds. The molecule has 1 aliphatic rings. The largest absolute Gasteiger partial charge is 0.465 e. The summed E-state index contributed by atoms with van der Waals surface area (Å²) in [4.78, 5) is 0. The van der Waals surface area contributed by atoms with Crippen molar-refractivity contribution in [2.45, 2.75) is 25.6 Å². The highest BCUT2D eigenvalue weighted by Crippen LogP contribution is 2.20. The van der Waals surface area contributed by atoms with Gasteiger partial charge in [-0.05, 0) is 37.1 Å². The third-order valence-corrected chi connectivity index (χ3v) is 2.47. The van der Waals surface area contributed by atoms with Crippen molar-refractivity contribution in [3.05, 3.63) is 29.3 Å². The Bertz CT molecular complexity index is 278. The summed E-state index contributed by atoms with van der Waals surface area (Å²) in [6.45, 7) is 0.804. The normalized spacial score (nSPS) is 21.9. The number of benzene rings is 1. The molecule has 1 saturated heterocycles. The predicted octanol–water partition coefficient (Wildman–Crippen LogP) is 3.25. The first-order valence-electron chi connectivity index (χ1n) is 4.88. The van der Waals surface area contributed by atoms with Gasteiger partial charge in [-0.25, -0.2) is 0 Å². The predicted molar refractivity (Wildman–Crippen MR) is 55.7 cm³/mol. The van der Waals surface area contributed by atoms with E-state index < -0.39 is 0 Å². The number of hydrogen-bond donors (Lipinski definition) is 0. The first-order chi connectivity index (χ1) is 6.84. The number of hydrogen-bond acceptors (Lipinski definition) is 2. The summed E-state index contributed by atoms with van der Waals surface area (Å²) in [5, 5.41) is 0.724. The Morgan fingerprint density at radius 1 is 1.21 bits per heavy atom. The summed E-state index contributed by atoms with van der Waals surface area (Å²) in [5.74, 6) is 0.821. The minimum absolute atomic E-state index is 0.0788. The lowest BCUT2D eigenvalue weighted by atomic mass is 10.2. The maximum Gasteiger partial charge on any atom is 0.199 e. The second kappa shape index (κ2) is 4.67. The van der Waals surface area contributed by atoms with Crippen molar-refractivity contribution in [2.75, 3.05) is 6.61 Å². The molecule has 0 unspecified atom stereocenters. The van der Waals surface area contributed by atoms with E-state index in [1.807, 2.05) is 24.3 Å². The number of halogens is 1. The van der Waals surface area contributed by atoms with Gasteiger partial charge in [-0.15, -0.1) is 0 Å². The molecule has 0 radical (unpaired) electrons. The molecule has 3 heteroatoms. The van der Waals surface area contributed by atoms with E-state index in [2.05, 4.69) is 0 Å². The smallest absolute Gasteiger partial charge is 0.199 e. The number of ether oxygens (including phenoxy) is 2. The molecule has 1 heterocycles. The molecular formula is C11H13ClO2. The maximum absolute atomic E-state index is 5.77. The van der Waals surface area contributed by atoms with Gasteiger partial charge in [0, 0.05) is 11.4 Å². The molecule has 0 aliphatic carbocycles. The number of rotatable bonds is 2. The van der Waals surface area contributed by atoms with Gasteiger partial charge >= 0.3 is 0 Å². The lowest BCUT2D eigenvalue weighted by molar-refractivity contribution is -0.105. The fourth-order valence-corrected chi connectivity index (χ4v) is 1.60. The van der Waals surface area contributed by atoms with Gasteiger partial charge < -0.3 is 9.47 Å². The molecule has 0 N–H and O–H groups in total. The first kappa shape index (κ1) is 9.81. The Morgan fingerprint density at radius 2 is 2.00 bits per heavy atom. The van der Waals surface area contributed by atoms with Crippen LogP contribution in [0.1, 0.15) is 19.3 Å². The van der Waals surface area contributed by atoms with Crippen LogP contribution in [0, 0.1) is 0 Å². The molecule has 1 aliphatic heterocycles. The third kappa shape index (κ3) is 2.63. The summed E-state index contributed by atoms with van der Waals surface area (Å²) < 4.78 is 11.1. The average molecular weight is 213 g/mol. The Kier molecular flexibility index (Phi) is 3.27. The van der Waals surface area contributed by atoms with E-state index in [1.165, 1.54) is 6.42 Å². The second-order valence-electron chi connectivity index (χ2n) is 3.37. The molecular weight excluding hydrogens is 200 g/mol. The van der Waals surface area contributed by atoms with Crippen molar-refractivity contribution in [3.8, 4) is 5.75 Å². The minimum atomic E-state index is -0.0788. The summed E-state index contributed by atoms with van der Waals surface area (Å²) in [5.41, 5.74) is 0. The van der Waals surface area contributed by atoms with Crippen LogP contribution in [0.5, 0.6) is 5.75 Å². The van der Waals surface area contributed by atoms with Gasteiger partial charge in [-0.1, -0.05) is 11.6 Å². The molecule has 0 bridgehead atoms. The van der Waals surface area contributed by atoms with Crippen LogP contribution in [0.3, 0.4) is 0 Å². The van der Waals surface area contributed by atoms with Crippen molar-refractivity contribution in [3.63, 3.8) is 0 Å². The Balaban J connectivity index is 1.92. The van der Waals surface area contributed by atoms with Crippen LogP contribution in [-0.2, 0) is 4.74 Å². The van der Waals surface area contributed by atoms with Gasteiger partial charge in [0.15, 0.2) is 6.29 Å². The summed E-state index contributed by atoms with van der Waals surface area (Å²) in [7, 11) is 0. The van der Waals surface area contributed by atoms with Crippen molar-refractivity contribution in [2.24, 2.45) is 0 Å². The minimum Gasteiger partial charge on any atom is -0.465 e. The van der Waals surface area contributed by atoms with E-state index in [0.717, 1.165) is 30.2 Å². The zero-order valence-corrected chi connectivity index (χ0v) is 8.67. The first-order valence-corrected chi connectivity index (χ1v) is 5.26. The van der Waals surface area contributed by atoms with Gasteiger partial charge in [0.05, 0.1) is 6.61 Å². The zero-order valence-electron chi connectivity index (χ0n) is 7.91. The van der Waals surface area contributed by atoms with Gasteiger partial charge in [0.1, 0.15) is 5.75 Å². The van der Waals surface area contributed by atoms with E-state index in [4.69, 9.17) is 21.1 Å². The summed E-state index contributed by atoms with van der Waals surface area (Å²) in [6, 6.07) is 7.36. The highest BCUT2D eigenvalue weighted by atomic mass is 35.5. The molecule has 0 saturated carbocycles. The van der Waals surface area contributed by atoms with Crippen molar-refractivity contribution in [1.82, 2.24) is 0 Å². The van der Waals surface area contributed by atoms with Crippen LogP contribution in [0.4, 0.5) is 0 Å². The molecule has 2 rings (SSSR count). The summed E-state index contributed by atoms with van der Waals surface area (Å²) in [6.07, 6.45) is 3.21. The van der Waals surface area contributed by atoms with Crippen molar-refractivity contribution in [1.29, 1.82) is 0 Å². The monoisotopic (exact) mass is 212 g/mol. The zero-order chi connectivity index (χ0) is 9.80. The highest BCUT2D eigenvalue weighted by Gasteiger charge is 2.14. The van der Waals surface area contributed by atoms with Crippen LogP contribution < -0.4 is 4.74 Å². The van der Waals surface area contributed by atoms with E-state index >= 15 is 0 Å². The van der Waals surface area contributed by atoms with Crippen LogP contribution in [0.15, 0.2) is 24.3 Å². The second-order valence-corrected chi connectivity index (χ2v) is 3.80. The Hall–Kier alpha value is -0.730. The summed E-state index contributed by atoms with van der Waals surface area (Å²) >= 11 is 5.77. The van der Waals surface area contributed by atoms with E-state index in [-0.39, 0.29) is 6.29 Å². The van der Waals surface area contributed by atoms with Crippen LogP contribution in [0.2, 0.25) is 5.02 Å². The lowest BCUT2D eigenvalue weighted by Gasteiger charge is -2.23. The van der Waals surface area contributed by atoms with Gasteiger partial charge in [0.2, 0.25) is 0 Å².